The molecule has 0 saturated carbocycles. The Morgan fingerprint density at radius 2 is 2.00 bits per heavy atom. The second-order valence-electron chi connectivity index (χ2n) is 4.48. The standard InChI is InChI=1S/C13H10N4O3S/c1-7-2-4-8(5-3-7)11-12(20)17-13(15-14-11)21-9(16-17)6-10(18)19/h2-5H,6H2,1H3,(H,18,19). The van der Waals surface area contributed by atoms with Gasteiger partial charge in [0.15, 0.2) is 5.69 Å². The van der Waals surface area contributed by atoms with Crippen molar-refractivity contribution in [3.8, 4) is 11.3 Å². The zero-order valence-corrected chi connectivity index (χ0v) is 11.8. The average molecular weight is 302 g/mol. The Hall–Kier alpha value is -2.61. The molecule has 0 aliphatic rings. The molecular weight excluding hydrogens is 292 g/mol. The van der Waals surface area contributed by atoms with Crippen molar-refractivity contribution < 1.29 is 9.90 Å². The fourth-order valence-electron chi connectivity index (χ4n) is 1.85. The lowest BCUT2D eigenvalue weighted by Crippen LogP contribution is -2.19. The van der Waals surface area contributed by atoms with Crippen LogP contribution in [0.15, 0.2) is 29.1 Å². The predicted molar refractivity (Wildman–Crippen MR) is 76.4 cm³/mol. The molecular formula is C13H10N4O3S. The molecule has 0 bridgehead atoms. The molecule has 0 radical (unpaired) electrons. The summed E-state index contributed by atoms with van der Waals surface area (Å²) in [6.45, 7) is 1.95. The number of carboxylic acids is 1. The van der Waals surface area contributed by atoms with E-state index >= 15 is 0 Å². The number of aromatic nitrogens is 4. The summed E-state index contributed by atoms with van der Waals surface area (Å²) < 4.78 is 1.10. The molecule has 8 heteroatoms. The van der Waals surface area contributed by atoms with Gasteiger partial charge in [0.2, 0.25) is 4.96 Å². The van der Waals surface area contributed by atoms with Gasteiger partial charge in [0.1, 0.15) is 5.01 Å². The molecule has 3 rings (SSSR count). The number of nitrogens with zero attached hydrogens (tertiary/aromatic N) is 4. The summed E-state index contributed by atoms with van der Waals surface area (Å²) in [6, 6.07) is 7.33. The molecule has 21 heavy (non-hydrogen) atoms. The number of aliphatic carboxylic acids is 1. The summed E-state index contributed by atoms with van der Waals surface area (Å²) >= 11 is 1.04. The Balaban J connectivity index is 2.13. The Morgan fingerprint density at radius 1 is 1.29 bits per heavy atom. The fraction of sp³-hybridized carbons (Fsp3) is 0.154. The predicted octanol–water partition coefficient (Wildman–Crippen LogP) is 1.15. The first-order chi connectivity index (χ1) is 10.0. The largest absolute Gasteiger partial charge is 0.481 e. The minimum Gasteiger partial charge on any atom is -0.481 e. The number of aryl methyl sites for hydroxylation is 1. The molecule has 0 unspecified atom stereocenters. The molecule has 1 aromatic carbocycles. The molecule has 0 amide bonds. The van der Waals surface area contributed by atoms with Crippen LogP contribution in [0.3, 0.4) is 0 Å². The van der Waals surface area contributed by atoms with Gasteiger partial charge >= 0.3 is 11.5 Å². The van der Waals surface area contributed by atoms with Gasteiger partial charge in [-0.1, -0.05) is 41.2 Å². The van der Waals surface area contributed by atoms with Crippen molar-refractivity contribution in [2.24, 2.45) is 0 Å². The summed E-state index contributed by atoms with van der Waals surface area (Å²) in [5.41, 5.74) is 1.52. The van der Waals surface area contributed by atoms with Crippen molar-refractivity contribution in [3.63, 3.8) is 0 Å². The van der Waals surface area contributed by atoms with Crippen molar-refractivity contribution in [2.75, 3.05) is 0 Å². The van der Waals surface area contributed by atoms with Crippen LogP contribution in [0.2, 0.25) is 0 Å². The highest BCUT2D eigenvalue weighted by molar-refractivity contribution is 7.16. The lowest BCUT2D eigenvalue weighted by molar-refractivity contribution is -0.136. The lowest BCUT2D eigenvalue weighted by atomic mass is 10.1. The van der Waals surface area contributed by atoms with Gasteiger partial charge in [-0.25, -0.2) is 0 Å². The third kappa shape index (κ3) is 2.52. The van der Waals surface area contributed by atoms with E-state index in [9.17, 15) is 9.59 Å². The van der Waals surface area contributed by atoms with Gasteiger partial charge in [0, 0.05) is 5.56 Å². The van der Waals surface area contributed by atoms with Crippen molar-refractivity contribution in [2.45, 2.75) is 13.3 Å². The van der Waals surface area contributed by atoms with E-state index in [2.05, 4.69) is 15.3 Å². The number of fused-ring (bicyclic) bond motifs is 1. The Morgan fingerprint density at radius 3 is 2.67 bits per heavy atom. The number of benzene rings is 1. The molecule has 1 N–H and O–H groups in total. The first-order valence-corrected chi connectivity index (χ1v) is 6.90. The number of carboxylic acid groups (broad SMARTS) is 1. The van der Waals surface area contributed by atoms with E-state index in [1.165, 1.54) is 0 Å². The van der Waals surface area contributed by atoms with E-state index in [1.54, 1.807) is 12.1 Å². The zero-order chi connectivity index (χ0) is 15.0. The second kappa shape index (κ2) is 5.06. The second-order valence-corrected chi connectivity index (χ2v) is 5.52. The Labute approximate surface area is 122 Å². The zero-order valence-electron chi connectivity index (χ0n) is 11.0. The van der Waals surface area contributed by atoms with Crippen molar-refractivity contribution >= 4 is 22.3 Å². The van der Waals surface area contributed by atoms with Crippen LogP contribution in [0.1, 0.15) is 10.6 Å². The van der Waals surface area contributed by atoms with Crippen molar-refractivity contribution in [3.05, 3.63) is 45.2 Å². The summed E-state index contributed by atoms with van der Waals surface area (Å²) in [4.78, 5) is 23.3. The van der Waals surface area contributed by atoms with Gasteiger partial charge in [-0.3, -0.25) is 9.59 Å². The quantitative estimate of drug-likeness (QED) is 0.779. The number of carbonyl (C=O) groups is 1. The smallest absolute Gasteiger partial charge is 0.310 e. The van der Waals surface area contributed by atoms with E-state index < -0.39 is 11.5 Å². The average Bonchev–Trinajstić information content (AvgIpc) is 2.83. The van der Waals surface area contributed by atoms with Crippen LogP contribution < -0.4 is 5.56 Å². The van der Waals surface area contributed by atoms with E-state index in [4.69, 9.17) is 5.11 Å². The number of hydrogen-bond acceptors (Lipinski definition) is 6. The molecule has 0 aliphatic carbocycles. The monoisotopic (exact) mass is 302 g/mol. The highest BCUT2D eigenvalue weighted by Gasteiger charge is 2.14. The van der Waals surface area contributed by atoms with E-state index in [0.29, 0.717) is 10.6 Å². The van der Waals surface area contributed by atoms with Crippen LogP contribution in [0.25, 0.3) is 16.2 Å². The summed E-state index contributed by atoms with van der Waals surface area (Å²) in [6.07, 6.45) is -0.243. The first-order valence-electron chi connectivity index (χ1n) is 6.09. The topological polar surface area (TPSA) is 97.4 Å². The molecule has 0 aliphatic heterocycles. The molecule has 2 aromatic heterocycles. The lowest BCUT2D eigenvalue weighted by Gasteiger charge is -1.99. The summed E-state index contributed by atoms with van der Waals surface area (Å²) in [5, 5.41) is 21.0. The fourth-order valence-corrected chi connectivity index (χ4v) is 2.67. The van der Waals surface area contributed by atoms with Crippen molar-refractivity contribution in [1.29, 1.82) is 0 Å². The van der Waals surface area contributed by atoms with Crippen LogP contribution in [0.5, 0.6) is 0 Å². The van der Waals surface area contributed by atoms with Crippen LogP contribution in [0.4, 0.5) is 0 Å². The molecule has 0 saturated heterocycles. The Kier molecular flexibility index (Phi) is 3.22. The SMILES string of the molecule is Cc1ccc(-c2nnc3sc(CC(=O)O)nn3c2=O)cc1. The number of hydrogen-bond donors (Lipinski definition) is 1. The van der Waals surface area contributed by atoms with Crippen LogP contribution in [-0.4, -0.2) is 30.9 Å². The van der Waals surface area contributed by atoms with Gasteiger partial charge in [-0.05, 0) is 6.92 Å². The van der Waals surface area contributed by atoms with Crippen LogP contribution in [0, 0.1) is 6.92 Å². The first kappa shape index (κ1) is 13.4. The maximum Gasteiger partial charge on any atom is 0.310 e. The Bertz CT molecular complexity index is 883. The molecule has 0 atom stereocenters. The minimum atomic E-state index is -1.01. The van der Waals surface area contributed by atoms with Crippen LogP contribution >= 0.6 is 11.3 Å². The normalized spacial score (nSPS) is 10.9. The van der Waals surface area contributed by atoms with E-state index in [-0.39, 0.29) is 17.1 Å². The summed E-state index contributed by atoms with van der Waals surface area (Å²) in [7, 11) is 0. The molecule has 3 aromatic rings. The molecule has 106 valence electrons. The van der Waals surface area contributed by atoms with Gasteiger partial charge in [-0.2, -0.15) is 9.61 Å². The number of rotatable bonds is 3. The van der Waals surface area contributed by atoms with E-state index in [1.807, 2.05) is 19.1 Å². The third-order valence-corrected chi connectivity index (χ3v) is 3.76. The minimum absolute atomic E-state index is 0.194. The highest BCUT2D eigenvalue weighted by Crippen LogP contribution is 2.16. The van der Waals surface area contributed by atoms with Gasteiger partial charge in [-0.15, -0.1) is 10.2 Å². The summed E-state index contributed by atoms with van der Waals surface area (Å²) in [5.74, 6) is -1.01. The molecule has 0 spiro atoms. The van der Waals surface area contributed by atoms with E-state index in [0.717, 1.165) is 21.4 Å². The highest BCUT2D eigenvalue weighted by atomic mass is 32.1. The van der Waals surface area contributed by atoms with Gasteiger partial charge in [0.05, 0.1) is 6.42 Å². The third-order valence-electron chi connectivity index (χ3n) is 2.86. The van der Waals surface area contributed by atoms with Gasteiger partial charge in [0.25, 0.3) is 0 Å². The maximum absolute atomic E-state index is 12.4. The van der Waals surface area contributed by atoms with Crippen LogP contribution in [-0.2, 0) is 11.2 Å². The van der Waals surface area contributed by atoms with Crippen molar-refractivity contribution in [1.82, 2.24) is 19.8 Å². The molecule has 0 fully saturated rings. The molecule has 7 nitrogen and oxygen atoms in total. The van der Waals surface area contributed by atoms with Gasteiger partial charge < -0.3 is 5.11 Å². The maximum atomic E-state index is 12.4. The molecule has 2 heterocycles.